The molecule has 0 spiro atoms. The number of benzene rings is 1. The first kappa shape index (κ1) is 24.6. The van der Waals surface area contributed by atoms with Crippen molar-refractivity contribution in [1.29, 1.82) is 0 Å². The highest BCUT2D eigenvalue weighted by atomic mass is 35.5. The quantitative estimate of drug-likeness (QED) is 0.444. The summed E-state index contributed by atoms with van der Waals surface area (Å²) in [6.07, 6.45) is 0.405. The SMILES string of the molecule is COc1cc(NC(=O)CCOCCOCCN)ccc1N1CCC(=O)NC1=O.Cl. The Bertz CT molecular complexity index is 703. The Hall–Kier alpha value is -2.40. The van der Waals surface area contributed by atoms with Gasteiger partial charge in [0.1, 0.15) is 5.75 Å². The van der Waals surface area contributed by atoms with Crippen molar-refractivity contribution >= 4 is 41.6 Å². The molecule has 1 heterocycles. The highest BCUT2D eigenvalue weighted by molar-refractivity contribution is 6.06. The fourth-order valence-electron chi connectivity index (χ4n) is 2.57. The number of ether oxygens (including phenoxy) is 3. The Morgan fingerprint density at radius 2 is 1.93 bits per heavy atom. The van der Waals surface area contributed by atoms with Gasteiger partial charge in [0.15, 0.2) is 0 Å². The molecule has 2 rings (SSSR count). The van der Waals surface area contributed by atoms with Crippen molar-refractivity contribution in [2.75, 3.05) is 56.8 Å². The third kappa shape index (κ3) is 7.86. The van der Waals surface area contributed by atoms with Crippen LogP contribution >= 0.6 is 12.4 Å². The van der Waals surface area contributed by atoms with Crippen LogP contribution in [0.25, 0.3) is 0 Å². The van der Waals surface area contributed by atoms with E-state index in [1.54, 1.807) is 18.2 Å². The summed E-state index contributed by atoms with van der Waals surface area (Å²) in [5.41, 5.74) is 6.36. The number of anilines is 2. The molecule has 1 aromatic carbocycles. The summed E-state index contributed by atoms with van der Waals surface area (Å²) in [6, 6.07) is 4.45. The third-order valence-electron chi connectivity index (χ3n) is 3.92. The van der Waals surface area contributed by atoms with Gasteiger partial charge in [-0.15, -0.1) is 12.4 Å². The minimum absolute atomic E-state index is 0. The van der Waals surface area contributed by atoms with Gasteiger partial charge in [0, 0.05) is 31.3 Å². The van der Waals surface area contributed by atoms with Gasteiger partial charge in [-0.1, -0.05) is 0 Å². The molecule has 1 fully saturated rings. The van der Waals surface area contributed by atoms with Crippen LogP contribution in [0.1, 0.15) is 12.8 Å². The van der Waals surface area contributed by atoms with Crippen LogP contribution in [-0.4, -0.2) is 64.5 Å². The lowest BCUT2D eigenvalue weighted by Gasteiger charge is -2.28. The van der Waals surface area contributed by atoms with E-state index < -0.39 is 6.03 Å². The van der Waals surface area contributed by atoms with Gasteiger partial charge in [0.2, 0.25) is 11.8 Å². The van der Waals surface area contributed by atoms with E-state index in [0.29, 0.717) is 43.5 Å². The molecule has 29 heavy (non-hydrogen) atoms. The minimum Gasteiger partial charge on any atom is -0.494 e. The van der Waals surface area contributed by atoms with Gasteiger partial charge in [-0.2, -0.15) is 0 Å². The zero-order chi connectivity index (χ0) is 20.4. The molecule has 1 saturated heterocycles. The highest BCUT2D eigenvalue weighted by Gasteiger charge is 2.26. The summed E-state index contributed by atoms with van der Waals surface area (Å²) in [6.45, 7) is 2.32. The van der Waals surface area contributed by atoms with Crippen LogP contribution in [0.5, 0.6) is 5.75 Å². The molecule has 0 aliphatic carbocycles. The molecular weight excluding hydrogens is 404 g/mol. The zero-order valence-corrected chi connectivity index (χ0v) is 17.1. The van der Waals surface area contributed by atoms with E-state index in [4.69, 9.17) is 19.9 Å². The number of methoxy groups -OCH3 is 1. The van der Waals surface area contributed by atoms with Crippen molar-refractivity contribution < 1.29 is 28.6 Å². The second kappa shape index (κ2) is 12.9. The smallest absolute Gasteiger partial charge is 0.328 e. The van der Waals surface area contributed by atoms with Gasteiger partial charge in [0.05, 0.1) is 45.6 Å². The van der Waals surface area contributed by atoms with E-state index in [1.807, 2.05) is 0 Å². The molecule has 162 valence electrons. The van der Waals surface area contributed by atoms with Crippen molar-refractivity contribution in [1.82, 2.24) is 5.32 Å². The average Bonchev–Trinajstić information content (AvgIpc) is 2.67. The number of carbonyl (C=O) groups excluding carboxylic acids is 3. The molecule has 0 radical (unpaired) electrons. The first-order chi connectivity index (χ1) is 13.5. The average molecular weight is 431 g/mol. The maximum absolute atomic E-state index is 12.0. The minimum atomic E-state index is -0.501. The third-order valence-corrected chi connectivity index (χ3v) is 3.92. The Balaban J connectivity index is 0.00000420. The number of nitrogens with two attached hydrogens (primary N) is 1. The number of carbonyl (C=O) groups is 3. The molecule has 0 atom stereocenters. The predicted molar refractivity (Wildman–Crippen MR) is 110 cm³/mol. The summed E-state index contributed by atoms with van der Waals surface area (Å²) in [7, 11) is 1.47. The summed E-state index contributed by atoms with van der Waals surface area (Å²) in [4.78, 5) is 36.8. The number of halogens is 1. The van der Waals surface area contributed by atoms with E-state index in [0.717, 1.165) is 0 Å². The second-order valence-electron chi connectivity index (χ2n) is 5.95. The summed E-state index contributed by atoms with van der Waals surface area (Å²) in [5, 5.41) is 5.02. The molecule has 0 bridgehead atoms. The first-order valence-electron chi connectivity index (χ1n) is 9.00. The Labute approximate surface area is 175 Å². The van der Waals surface area contributed by atoms with Gasteiger partial charge in [-0.05, 0) is 12.1 Å². The number of urea groups is 1. The maximum atomic E-state index is 12.0. The monoisotopic (exact) mass is 430 g/mol. The van der Waals surface area contributed by atoms with E-state index in [1.165, 1.54) is 12.0 Å². The molecule has 4 amide bonds. The van der Waals surface area contributed by atoms with Crippen LogP contribution in [0, 0.1) is 0 Å². The summed E-state index contributed by atoms with van der Waals surface area (Å²) in [5.74, 6) is -0.105. The molecule has 1 aliphatic heterocycles. The predicted octanol–water partition coefficient (Wildman–Crippen LogP) is 0.884. The van der Waals surface area contributed by atoms with Crippen LogP contribution in [-0.2, 0) is 19.1 Å². The van der Waals surface area contributed by atoms with E-state index in [-0.39, 0.29) is 50.2 Å². The molecule has 1 aromatic rings. The van der Waals surface area contributed by atoms with Gasteiger partial charge in [0.25, 0.3) is 0 Å². The second-order valence-corrected chi connectivity index (χ2v) is 5.95. The van der Waals surface area contributed by atoms with Crippen molar-refractivity contribution in [3.8, 4) is 5.75 Å². The molecular formula is C18H27ClN4O6. The Kier molecular flexibility index (Phi) is 11.0. The summed E-state index contributed by atoms with van der Waals surface area (Å²) >= 11 is 0. The van der Waals surface area contributed by atoms with E-state index >= 15 is 0 Å². The van der Waals surface area contributed by atoms with Gasteiger partial charge in [-0.25, -0.2) is 4.79 Å². The Morgan fingerprint density at radius 3 is 2.59 bits per heavy atom. The lowest BCUT2D eigenvalue weighted by atomic mass is 10.2. The standard InChI is InChI=1S/C18H26N4O6.ClH/c1-26-15-12-13(20-17(24)5-8-27-10-11-28-9-6-19)2-3-14(15)22-7-4-16(23)21-18(22)25;/h2-3,12H,4-11,19H2,1H3,(H,20,24)(H,21,23,25);1H. The molecule has 10 nitrogen and oxygen atoms in total. The Morgan fingerprint density at radius 1 is 1.21 bits per heavy atom. The van der Waals surface area contributed by atoms with Gasteiger partial charge in [-0.3, -0.25) is 19.8 Å². The number of nitrogens with zero attached hydrogens (tertiary/aromatic N) is 1. The normalized spacial score (nSPS) is 13.5. The van der Waals surface area contributed by atoms with Crippen LogP contribution in [0.2, 0.25) is 0 Å². The number of imide groups is 1. The van der Waals surface area contributed by atoms with E-state index in [9.17, 15) is 14.4 Å². The number of hydrogen-bond acceptors (Lipinski definition) is 7. The van der Waals surface area contributed by atoms with Crippen molar-refractivity contribution in [2.24, 2.45) is 5.73 Å². The first-order valence-corrected chi connectivity index (χ1v) is 9.00. The van der Waals surface area contributed by atoms with E-state index in [2.05, 4.69) is 10.6 Å². The molecule has 11 heteroatoms. The fraction of sp³-hybridized carbons (Fsp3) is 0.500. The lowest BCUT2D eigenvalue weighted by Crippen LogP contribution is -2.49. The molecule has 0 aromatic heterocycles. The maximum Gasteiger partial charge on any atom is 0.328 e. The van der Waals surface area contributed by atoms with Crippen LogP contribution in [0.3, 0.4) is 0 Å². The zero-order valence-electron chi connectivity index (χ0n) is 16.3. The lowest BCUT2D eigenvalue weighted by molar-refractivity contribution is -0.120. The van der Waals surface area contributed by atoms with Crippen molar-refractivity contribution in [2.45, 2.75) is 12.8 Å². The molecule has 1 aliphatic rings. The fourth-order valence-corrected chi connectivity index (χ4v) is 2.57. The van der Waals surface area contributed by atoms with Gasteiger partial charge >= 0.3 is 6.03 Å². The number of nitrogens with one attached hydrogen (secondary N) is 2. The summed E-state index contributed by atoms with van der Waals surface area (Å²) < 4.78 is 15.8. The van der Waals surface area contributed by atoms with Crippen LogP contribution in [0.15, 0.2) is 18.2 Å². The van der Waals surface area contributed by atoms with Crippen molar-refractivity contribution in [3.05, 3.63) is 18.2 Å². The number of hydrogen-bond donors (Lipinski definition) is 3. The topological polar surface area (TPSA) is 132 Å². The molecule has 0 unspecified atom stereocenters. The van der Waals surface area contributed by atoms with Crippen molar-refractivity contribution in [3.63, 3.8) is 0 Å². The van der Waals surface area contributed by atoms with Crippen LogP contribution in [0.4, 0.5) is 16.2 Å². The number of amides is 4. The largest absolute Gasteiger partial charge is 0.494 e. The van der Waals surface area contributed by atoms with Gasteiger partial charge < -0.3 is 25.3 Å². The molecule has 0 saturated carbocycles. The van der Waals surface area contributed by atoms with Crippen LogP contribution < -0.4 is 26.0 Å². The highest BCUT2D eigenvalue weighted by Crippen LogP contribution is 2.32. The number of rotatable bonds is 11. The molecule has 4 N–H and O–H groups in total.